The van der Waals surface area contributed by atoms with E-state index in [1.807, 2.05) is 35.1 Å². The molecular formula is C20H20N4O2. The summed E-state index contributed by atoms with van der Waals surface area (Å²) in [6, 6.07) is 9.90. The average Bonchev–Trinajstić information content (AvgIpc) is 3.31. The second-order valence-electron chi connectivity index (χ2n) is 6.90. The van der Waals surface area contributed by atoms with Gasteiger partial charge in [-0.2, -0.15) is 10.4 Å². The van der Waals surface area contributed by atoms with Crippen molar-refractivity contribution >= 4 is 11.5 Å². The van der Waals surface area contributed by atoms with Gasteiger partial charge in [0.05, 0.1) is 17.8 Å². The maximum atomic E-state index is 12.5. The largest absolute Gasteiger partial charge is 0.389 e. The van der Waals surface area contributed by atoms with Crippen LogP contribution in [0.2, 0.25) is 0 Å². The molecule has 2 aliphatic rings. The number of ketones is 1. The Morgan fingerprint density at radius 2 is 2.27 bits per heavy atom. The number of carbonyl (C=O) groups excluding carboxylic acids is 1. The van der Waals surface area contributed by atoms with Crippen LogP contribution in [-0.2, 0) is 11.2 Å². The molecule has 1 aliphatic heterocycles. The molecule has 1 N–H and O–H groups in total. The van der Waals surface area contributed by atoms with E-state index in [1.165, 1.54) is 0 Å². The number of nitriles is 1. The highest BCUT2D eigenvalue weighted by atomic mass is 16.3. The van der Waals surface area contributed by atoms with Gasteiger partial charge >= 0.3 is 0 Å². The Bertz CT molecular complexity index is 922. The Balaban J connectivity index is 1.77. The number of aromatic nitrogens is 2. The van der Waals surface area contributed by atoms with E-state index in [-0.39, 0.29) is 23.8 Å². The lowest BCUT2D eigenvalue weighted by Crippen LogP contribution is -2.27. The zero-order valence-corrected chi connectivity index (χ0v) is 14.6. The third-order valence-corrected chi connectivity index (χ3v) is 5.23. The summed E-state index contributed by atoms with van der Waals surface area (Å²) >= 11 is 0. The second kappa shape index (κ2) is 6.43. The molecule has 2 aromatic rings. The van der Waals surface area contributed by atoms with Gasteiger partial charge < -0.3 is 10.0 Å². The van der Waals surface area contributed by atoms with Gasteiger partial charge in [0.25, 0.3) is 0 Å². The molecule has 1 fully saturated rings. The molecule has 0 radical (unpaired) electrons. The first kappa shape index (κ1) is 16.6. The Morgan fingerprint density at radius 1 is 1.42 bits per heavy atom. The van der Waals surface area contributed by atoms with Crippen molar-refractivity contribution in [3.63, 3.8) is 0 Å². The topological polar surface area (TPSA) is 82.2 Å². The fraction of sp³-hybridized carbons (Fsp3) is 0.350. The molecule has 1 aliphatic carbocycles. The van der Waals surface area contributed by atoms with Gasteiger partial charge in [-0.15, -0.1) is 0 Å². The van der Waals surface area contributed by atoms with Crippen LogP contribution in [0, 0.1) is 11.3 Å². The molecule has 2 heterocycles. The number of benzene rings is 1. The number of Topliss-reactive ketones (excluding diaryl/α,β-unsaturated/α-hetero) is 1. The van der Waals surface area contributed by atoms with E-state index in [0.29, 0.717) is 12.2 Å². The van der Waals surface area contributed by atoms with Gasteiger partial charge in [-0.25, -0.2) is 0 Å². The first-order valence-corrected chi connectivity index (χ1v) is 8.81. The molecule has 1 aromatic carbocycles. The van der Waals surface area contributed by atoms with Gasteiger partial charge in [-0.3, -0.25) is 9.48 Å². The van der Waals surface area contributed by atoms with E-state index in [4.69, 9.17) is 0 Å². The second-order valence-corrected chi connectivity index (χ2v) is 6.90. The highest BCUT2D eigenvalue weighted by Gasteiger charge is 2.34. The normalized spacial score (nSPS) is 20.9. The summed E-state index contributed by atoms with van der Waals surface area (Å²) in [5.41, 5.74) is 3.52. The van der Waals surface area contributed by atoms with Gasteiger partial charge in [0, 0.05) is 37.5 Å². The number of allylic oxidation sites excluding steroid dienone is 1. The van der Waals surface area contributed by atoms with Crippen LogP contribution < -0.4 is 0 Å². The van der Waals surface area contributed by atoms with Crippen LogP contribution in [-0.4, -0.2) is 38.7 Å². The molecule has 0 bridgehead atoms. The Hall–Kier alpha value is -2.91. The molecule has 0 amide bonds. The van der Waals surface area contributed by atoms with Crippen molar-refractivity contribution in [2.45, 2.75) is 31.9 Å². The number of hydrogen-bond donors (Lipinski definition) is 1. The molecule has 26 heavy (non-hydrogen) atoms. The Kier molecular flexibility index (Phi) is 4.09. The standard InChI is InChI=1S/C20H20N4O2/c1-13(25)14-3-4-15-10-19(26)18(11-21)20(17(15)9-14)23-8-5-16(12-23)24-7-2-6-22-24/h2-4,6-7,9,13,16,25H,5,8,10,12H2,1H3/t13?,16-/m1/s1. The lowest BCUT2D eigenvalue weighted by atomic mass is 9.86. The minimum atomic E-state index is -0.597. The van der Waals surface area contributed by atoms with E-state index in [0.717, 1.165) is 29.7 Å². The Morgan fingerprint density at radius 3 is 2.96 bits per heavy atom. The highest BCUT2D eigenvalue weighted by molar-refractivity contribution is 6.10. The SMILES string of the molecule is CC(O)c1ccc2c(c1)C(N1CC[C@@H](n3cccn3)C1)=C(C#N)C(=O)C2. The van der Waals surface area contributed by atoms with Crippen LogP contribution in [0.5, 0.6) is 0 Å². The minimum absolute atomic E-state index is 0.137. The van der Waals surface area contributed by atoms with Gasteiger partial charge in [-0.05, 0) is 36.6 Å². The van der Waals surface area contributed by atoms with Crippen molar-refractivity contribution in [3.8, 4) is 6.07 Å². The average molecular weight is 348 g/mol. The van der Waals surface area contributed by atoms with E-state index in [9.17, 15) is 15.2 Å². The molecule has 2 atom stereocenters. The molecule has 0 spiro atoms. The van der Waals surface area contributed by atoms with E-state index in [2.05, 4.69) is 16.1 Å². The van der Waals surface area contributed by atoms with Crippen LogP contribution in [0.15, 0.2) is 42.2 Å². The number of aliphatic hydroxyl groups is 1. The maximum absolute atomic E-state index is 12.5. The van der Waals surface area contributed by atoms with Gasteiger partial charge in [0.1, 0.15) is 11.6 Å². The summed E-state index contributed by atoms with van der Waals surface area (Å²) in [6.07, 6.45) is 4.25. The molecule has 4 rings (SSSR count). The number of nitrogens with zero attached hydrogens (tertiary/aromatic N) is 4. The van der Waals surface area contributed by atoms with Crippen LogP contribution in [0.4, 0.5) is 0 Å². The van der Waals surface area contributed by atoms with E-state index < -0.39 is 6.10 Å². The lowest BCUT2D eigenvalue weighted by molar-refractivity contribution is -0.114. The summed E-state index contributed by atoms with van der Waals surface area (Å²) in [7, 11) is 0. The van der Waals surface area contributed by atoms with Crippen molar-refractivity contribution in [1.82, 2.24) is 14.7 Å². The van der Waals surface area contributed by atoms with Crippen LogP contribution in [0.1, 0.15) is 42.2 Å². The fourth-order valence-electron chi connectivity index (χ4n) is 3.86. The molecule has 0 saturated carbocycles. The first-order valence-electron chi connectivity index (χ1n) is 8.81. The maximum Gasteiger partial charge on any atom is 0.179 e. The van der Waals surface area contributed by atoms with E-state index in [1.54, 1.807) is 13.1 Å². The summed E-state index contributed by atoms with van der Waals surface area (Å²) in [5, 5.41) is 23.9. The van der Waals surface area contributed by atoms with Crippen molar-refractivity contribution < 1.29 is 9.90 Å². The summed E-state index contributed by atoms with van der Waals surface area (Å²) < 4.78 is 1.93. The zero-order valence-electron chi connectivity index (χ0n) is 14.6. The van der Waals surface area contributed by atoms with Crippen molar-refractivity contribution in [1.29, 1.82) is 5.26 Å². The molecule has 6 nitrogen and oxygen atoms in total. The van der Waals surface area contributed by atoms with Gasteiger partial charge in [0.15, 0.2) is 5.78 Å². The summed E-state index contributed by atoms with van der Waals surface area (Å²) in [5.74, 6) is -0.137. The van der Waals surface area contributed by atoms with Crippen molar-refractivity contribution in [2.24, 2.45) is 0 Å². The third kappa shape index (κ3) is 2.71. The smallest absolute Gasteiger partial charge is 0.179 e. The molecule has 1 aromatic heterocycles. The highest BCUT2D eigenvalue weighted by Crippen LogP contribution is 2.37. The number of likely N-dealkylation sites (tertiary alicyclic amines) is 1. The quantitative estimate of drug-likeness (QED) is 0.920. The number of rotatable bonds is 3. The van der Waals surface area contributed by atoms with Crippen LogP contribution in [0.25, 0.3) is 5.70 Å². The van der Waals surface area contributed by atoms with Crippen LogP contribution >= 0.6 is 0 Å². The molecule has 1 saturated heterocycles. The van der Waals surface area contributed by atoms with Gasteiger partial charge in [0.2, 0.25) is 0 Å². The number of fused-ring (bicyclic) bond motifs is 1. The molecular weight excluding hydrogens is 328 g/mol. The Labute approximate surface area is 152 Å². The van der Waals surface area contributed by atoms with Gasteiger partial charge in [-0.1, -0.05) is 12.1 Å². The summed E-state index contributed by atoms with van der Waals surface area (Å²) in [4.78, 5) is 14.6. The number of hydrogen-bond acceptors (Lipinski definition) is 5. The fourth-order valence-corrected chi connectivity index (χ4v) is 3.86. The molecule has 6 heteroatoms. The van der Waals surface area contributed by atoms with Crippen molar-refractivity contribution in [3.05, 3.63) is 58.9 Å². The molecule has 132 valence electrons. The van der Waals surface area contributed by atoms with E-state index >= 15 is 0 Å². The zero-order chi connectivity index (χ0) is 18.3. The predicted molar refractivity (Wildman–Crippen MR) is 95.8 cm³/mol. The first-order chi connectivity index (χ1) is 12.6. The van der Waals surface area contributed by atoms with Crippen LogP contribution in [0.3, 0.4) is 0 Å². The molecule has 1 unspecified atom stereocenters. The van der Waals surface area contributed by atoms with Crippen molar-refractivity contribution in [2.75, 3.05) is 13.1 Å². The minimum Gasteiger partial charge on any atom is -0.389 e. The number of aliphatic hydroxyl groups excluding tert-OH is 1. The lowest BCUT2D eigenvalue weighted by Gasteiger charge is -2.29. The predicted octanol–water partition coefficient (Wildman–Crippen LogP) is 2.24. The monoisotopic (exact) mass is 348 g/mol. The number of carbonyl (C=O) groups is 1. The third-order valence-electron chi connectivity index (χ3n) is 5.23. The summed E-state index contributed by atoms with van der Waals surface area (Å²) in [6.45, 7) is 3.18.